The van der Waals surface area contributed by atoms with E-state index in [-0.39, 0.29) is 18.5 Å². The van der Waals surface area contributed by atoms with Crippen LogP contribution in [-0.2, 0) is 20.7 Å². The van der Waals surface area contributed by atoms with Crippen LogP contribution in [0.15, 0.2) is 23.0 Å². The van der Waals surface area contributed by atoms with Crippen LogP contribution in [0.5, 0.6) is 5.75 Å². The van der Waals surface area contributed by atoms with Gasteiger partial charge in [0.05, 0.1) is 18.7 Å². The molecule has 2 rings (SSSR count). The van der Waals surface area contributed by atoms with Crippen molar-refractivity contribution in [3.05, 3.63) is 33.6 Å². The van der Waals surface area contributed by atoms with Gasteiger partial charge in [-0.1, -0.05) is 11.6 Å². The highest BCUT2D eigenvalue weighted by Gasteiger charge is 2.35. The van der Waals surface area contributed by atoms with Gasteiger partial charge in [-0.05, 0) is 32.0 Å². The van der Waals surface area contributed by atoms with Crippen LogP contribution in [-0.4, -0.2) is 22.9 Å². The first kappa shape index (κ1) is 17.0. The van der Waals surface area contributed by atoms with Crippen LogP contribution >= 0.6 is 19.2 Å². The fourth-order valence-electron chi connectivity index (χ4n) is 2.24. The molecule has 1 aromatic carbocycles. The van der Waals surface area contributed by atoms with E-state index in [0.29, 0.717) is 15.9 Å². The summed E-state index contributed by atoms with van der Waals surface area (Å²) in [6.07, 6.45) is 0. The van der Waals surface area contributed by atoms with Crippen molar-refractivity contribution >= 4 is 35.4 Å². The Hall–Kier alpha value is -1.33. The quantitative estimate of drug-likeness (QED) is 0.843. The molecule has 0 spiro atoms. The lowest BCUT2D eigenvalue weighted by molar-refractivity contribution is 0.229. The second kappa shape index (κ2) is 6.42. The maximum atomic E-state index is 12.9. The van der Waals surface area contributed by atoms with E-state index in [1.807, 2.05) is 0 Å². The van der Waals surface area contributed by atoms with Gasteiger partial charge < -0.3 is 18.7 Å². The van der Waals surface area contributed by atoms with Gasteiger partial charge in [0.25, 0.3) is 5.56 Å². The molecule has 1 heterocycles. The zero-order valence-electron chi connectivity index (χ0n) is 12.5. The SMILES string of the molecule is CCOP(=O)(OCC)c1c(O)c2cc(Cl)ccc2n(C)c1=O. The molecule has 0 saturated carbocycles. The Labute approximate surface area is 132 Å². The van der Waals surface area contributed by atoms with Crippen LogP contribution in [0, 0.1) is 0 Å². The van der Waals surface area contributed by atoms with E-state index in [2.05, 4.69) is 0 Å². The van der Waals surface area contributed by atoms with Crippen molar-refractivity contribution < 1.29 is 18.7 Å². The predicted molar refractivity (Wildman–Crippen MR) is 86.4 cm³/mol. The van der Waals surface area contributed by atoms with Crippen LogP contribution in [0.25, 0.3) is 10.9 Å². The summed E-state index contributed by atoms with van der Waals surface area (Å²) in [6.45, 7) is 3.41. The minimum Gasteiger partial charge on any atom is -0.506 e. The number of pyridine rings is 1. The van der Waals surface area contributed by atoms with Gasteiger partial charge in [-0.3, -0.25) is 9.36 Å². The lowest BCUT2D eigenvalue weighted by atomic mass is 10.2. The molecule has 0 bridgehead atoms. The lowest BCUT2D eigenvalue weighted by Crippen LogP contribution is -2.34. The molecule has 2 aromatic rings. The Morgan fingerprint density at radius 1 is 1.27 bits per heavy atom. The van der Waals surface area contributed by atoms with Gasteiger partial charge in [-0.25, -0.2) is 0 Å². The van der Waals surface area contributed by atoms with Crippen molar-refractivity contribution in [2.45, 2.75) is 13.8 Å². The van der Waals surface area contributed by atoms with Crippen LogP contribution in [0.4, 0.5) is 0 Å². The average molecular weight is 346 g/mol. The Morgan fingerprint density at radius 2 is 1.86 bits per heavy atom. The van der Waals surface area contributed by atoms with Gasteiger partial charge in [0.15, 0.2) is 5.30 Å². The number of rotatable bonds is 5. The normalized spacial score (nSPS) is 12.0. The highest BCUT2D eigenvalue weighted by atomic mass is 35.5. The third-order valence-electron chi connectivity index (χ3n) is 3.18. The number of aromatic nitrogens is 1. The number of aromatic hydroxyl groups is 1. The molecule has 120 valence electrons. The average Bonchev–Trinajstić information content (AvgIpc) is 2.45. The monoisotopic (exact) mass is 345 g/mol. The van der Waals surface area contributed by atoms with E-state index in [9.17, 15) is 14.5 Å². The van der Waals surface area contributed by atoms with Crippen molar-refractivity contribution in [3.63, 3.8) is 0 Å². The number of benzene rings is 1. The van der Waals surface area contributed by atoms with Gasteiger partial charge in [0, 0.05) is 17.5 Å². The fourth-order valence-corrected chi connectivity index (χ4v) is 4.19. The molecule has 0 saturated heterocycles. The molecule has 22 heavy (non-hydrogen) atoms. The largest absolute Gasteiger partial charge is 0.506 e. The number of hydrogen-bond donors (Lipinski definition) is 1. The molecule has 8 heteroatoms. The second-order valence-corrected chi connectivity index (χ2v) is 6.95. The molecule has 0 aliphatic rings. The summed E-state index contributed by atoms with van der Waals surface area (Å²) in [4.78, 5) is 12.5. The highest BCUT2D eigenvalue weighted by Crippen LogP contribution is 2.49. The number of aryl methyl sites for hydroxylation is 1. The summed E-state index contributed by atoms with van der Waals surface area (Å²) in [7, 11) is -2.40. The van der Waals surface area contributed by atoms with Crippen molar-refractivity contribution in [2.75, 3.05) is 13.2 Å². The predicted octanol–water partition coefficient (Wildman–Crippen LogP) is 2.79. The molecule has 1 aromatic heterocycles. The molecule has 0 fully saturated rings. The van der Waals surface area contributed by atoms with Crippen LogP contribution in [0.2, 0.25) is 5.02 Å². The van der Waals surface area contributed by atoms with Crippen LogP contribution in [0.3, 0.4) is 0 Å². The van der Waals surface area contributed by atoms with E-state index in [4.69, 9.17) is 20.6 Å². The highest BCUT2D eigenvalue weighted by molar-refractivity contribution is 7.62. The van der Waals surface area contributed by atoms with Crippen LogP contribution in [0.1, 0.15) is 13.8 Å². The first-order chi connectivity index (χ1) is 10.4. The first-order valence-corrected chi connectivity index (χ1v) is 8.68. The summed E-state index contributed by atoms with van der Waals surface area (Å²) in [6, 6.07) is 4.71. The van der Waals surface area contributed by atoms with Crippen molar-refractivity contribution in [2.24, 2.45) is 7.05 Å². The minimum absolute atomic E-state index is 0.0768. The molecule has 0 amide bonds. The topological polar surface area (TPSA) is 77.8 Å². The number of nitrogens with zero attached hydrogens (tertiary/aromatic N) is 1. The van der Waals surface area contributed by atoms with E-state index in [1.54, 1.807) is 26.0 Å². The summed E-state index contributed by atoms with van der Waals surface area (Å²) in [5.41, 5.74) is -0.159. The molecule has 0 radical (unpaired) electrons. The summed E-state index contributed by atoms with van der Waals surface area (Å²) in [5.74, 6) is -0.425. The van der Waals surface area contributed by atoms with E-state index in [0.717, 1.165) is 0 Å². The number of fused-ring (bicyclic) bond motifs is 1. The number of hydrogen-bond acceptors (Lipinski definition) is 5. The third kappa shape index (κ3) is 2.79. The molecular formula is C14H17ClNO5P. The fraction of sp³-hybridized carbons (Fsp3) is 0.357. The minimum atomic E-state index is -3.92. The molecule has 6 nitrogen and oxygen atoms in total. The van der Waals surface area contributed by atoms with Crippen LogP contribution < -0.4 is 10.9 Å². The van der Waals surface area contributed by atoms with Crippen molar-refractivity contribution in [1.82, 2.24) is 4.57 Å². The van der Waals surface area contributed by atoms with Gasteiger partial charge >= 0.3 is 7.60 Å². The molecule has 1 N–H and O–H groups in total. The van der Waals surface area contributed by atoms with Crippen molar-refractivity contribution in [3.8, 4) is 5.75 Å². The van der Waals surface area contributed by atoms with Gasteiger partial charge in [0.1, 0.15) is 5.75 Å². The Balaban J connectivity index is 2.89. The number of halogens is 1. The Bertz CT molecular complexity index is 807. The smallest absolute Gasteiger partial charge is 0.370 e. The maximum absolute atomic E-state index is 12.9. The standard InChI is InChI=1S/C14H17ClNO5P/c1-4-20-22(19,21-5-2)13-12(17)10-8-9(15)6-7-11(10)16(3)14(13)18/h6-8,17H,4-5H2,1-3H3. The Morgan fingerprint density at radius 3 is 2.41 bits per heavy atom. The zero-order valence-corrected chi connectivity index (χ0v) is 14.1. The summed E-state index contributed by atoms with van der Waals surface area (Å²) < 4.78 is 24.5. The molecule has 0 aliphatic carbocycles. The molecular weight excluding hydrogens is 329 g/mol. The second-order valence-electron chi connectivity index (χ2n) is 4.56. The Kier molecular flexibility index (Phi) is 4.97. The zero-order chi connectivity index (χ0) is 16.5. The van der Waals surface area contributed by atoms with Gasteiger partial charge in [-0.2, -0.15) is 0 Å². The van der Waals surface area contributed by atoms with Gasteiger partial charge in [-0.15, -0.1) is 0 Å². The third-order valence-corrected chi connectivity index (χ3v) is 5.56. The lowest BCUT2D eigenvalue weighted by Gasteiger charge is -2.19. The van der Waals surface area contributed by atoms with Gasteiger partial charge in [0.2, 0.25) is 0 Å². The maximum Gasteiger partial charge on any atom is 0.370 e. The molecule has 0 atom stereocenters. The van der Waals surface area contributed by atoms with E-state index < -0.39 is 18.9 Å². The van der Waals surface area contributed by atoms with E-state index >= 15 is 0 Å². The molecule has 0 aliphatic heterocycles. The van der Waals surface area contributed by atoms with Crippen molar-refractivity contribution in [1.29, 1.82) is 0 Å². The summed E-state index contributed by atoms with van der Waals surface area (Å²) in [5, 5.41) is 10.8. The summed E-state index contributed by atoms with van der Waals surface area (Å²) >= 11 is 5.94. The van der Waals surface area contributed by atoms with E-state index in [1.165, 1.54) is 17.7 Å². The molecule has 0 unspecified atom stereocenters. The first-order valence-electron chi connectivity index (χ1n) is 6.76.